The minimum absolute atomic E-state index is 0.0546. The number of amides is 3. The summed E-state index contributed by atoms with van der Waals surface area (Å²) in [6.45, 7) is 8.43. The van der Waals surface area contributed by atoms with Crippen molar-refractivity contribution in [3.63, 3.8) is 0 Å². The van der Waals surface area contributed by atoms with E-state index in [0.29, 0.717) is 13.1 Å². The number of nitrogens with one attached hydrogen (secondary N) is 1. The smallest absolute Gasteiger partial charge is 0.322 e. The first kappa shape index (κ1) is 24.5. The number of halogens is 1. The number of urea groups is 1. The van der Waals surface area contributed by atoms with Crippen LogP contribution in [0, 0.1) is 19.7 Å². The van der Waals surface area contributed by atoms with E-state index in [1.54, 1.807) is 28.4 Å². The van der Waals surface area contributed by atoms with Crippen molar-refractivity contribution in [2.45, 2.75) is 46.8 Å². The maximum atomic E-state index is 13.4. The number of anilines is 1. The predicted molar refractivity (Wildman–Crippen MR) is 132 cm³/mol. The third-order valence-corrected chi connectivity index (χ3v) is 6.53. The molecule has 0 aliphatic carbocycles. The van der Waals surface area contributed by atoms with Gasteiger partial charge in [0.25, 0.3) is 0 Å². The SMILES string of the molecule is Cc1ccccc1NC(=O)N(CC(=O)N(Cc1ccc(F)cc1)Cc1sccc1C)C(C)C. The number of rotatable bonds is 8. The second-order valence-electron chi connectivity index (χ2n) is 8.37. The third-order valence-electron chi connectivity index (χ3n) is 5.52. The van der Waals surface area contributed by atoms with Crippen LogP contribution in [-0.4, -0.2) is 34.3 Å². The monoisotopic (exact) mass is 467 g/mol. The van der Waals surface area contributed by atoms with Gasteiger partial charge in [-0.05, 0) is 74.0 Å². The molecular weight excluding hydrogens is 437 g/mol. The first-order chi connectivity index (χ1) is 15.7. The summed E-state index contributed by atoms with van der Waals surface area (Å²) in [5, 5.41) is 4.92. The Morgan fingerprint density at radius 2 is 1.67 bits per heavy atom. The van der Waals surface area contributed by atoms with Gasteiger partial charge in [-0.3, -0.25) is 4.79 Å². The van der Waals surface area contributed by atoms with E-state index < -0.39 is 0 Å². The van der Waals surface area contributed by atoms with Crippen LogP contribution < -0.4 is 5.32 Å². The summed E-state index contributed by atoms with van der Waals surface area (Å²) in [6, 6.07) is 15.2. The van der Waals surface area contributed by atoms with Crippen LogP contribution in [0.15, 0.2) is 60.0 Å². The molecule has 5 nitrogen and oxygen atoms in total. The summed E-state index contributed by atoms with van der Waals surface area (Å²) >= 11 is 1.60. The summed E-state index contributed by atoms with van der Waals surface area (Å²) in [5.41, 5.74) is 3.62. The minimum Gasteiger partial charge on any atom is -0.332 e. The zero-order chi connectivity index (χ0) is 24.0. The molecule has 0 fully saturated rings. The van der Waals surface area contributed by atoms with Crippen molar-refractivity contribution in [1.82, 2.24) is 9.80 Å². The summed E-state index contributed by atoms with van der Waals surface area (Å²) in [7, 11) is 0. The topological polar surface area (TPSA) is 52.7 Å². The first-order valence-corrected chi connectivity index (χ1v) is 11.8. The van der Waals surface area contributed by atoms with Gasteiger partial charge in [0, 0.05) is 23.2 Å². The lowest BCUT2D eigenvalue weighted by Crippen LogP contribution is -2.47. The molecule has 3 aromatic rings. The fourth-order valence-corrected chi connectivity index (χ4v) is 4.34. The van der Waals surface area contributed by atoms with Crippen molar-refractivity contribution < 1.29 is 14.0 Å². The molecule has 1 heterocycles. The molecule has 2 aromatic carbocycles. The average Bonchev–Trinajstić information content (AvgIpc) is 3.18. The fourth-order valence-electron chi connectivity index (χ4n) is 3.42. The van der Waals surface area contributed by atoms with E-state index in [-0.39, 0.29) is 30.3 Å². The van der Waals surface area contributed by atoms with Gasteiger partial charge in [-0.25, -0.2) is 9.18 Å². The summed E-state index contributed by atoms with van der Waals surface area (Å²) in [6.07, 6.45) is 0. The van der Waals surface area contributed by atoms with Crippen LogP contribution in [-0.2, 0) is 17.9 Å². The van der Waals surface area contributed by atoms with Gasteiger partial charge in [0.2, 0.25) is 5.91 Å². The molecule has 3 amide bonds. The molecule has 0 bridgehead atoms. The van der Waals surface area contributed by atoms with Crippen LogP contribution in [0.2, 0.25) is 0 Å². The Morgan fingerprint density at radius 3 is 2.27 bits per heavy atom. The highest BCUT2D eigenvalue weighted by Gasteiger charge is 2.25. The third kappa shape index (κ3) is 6.65. The minimum atomic E-state index is -0.318. The lowest BCUT2D eigenvalue weighted by molar-refractivity contribution is -0.133. The van der Waals surface area contributed by atoms with Crippen molar-refractivity contribution in [2.24, 2.45) is 0 Å². The normalized spacial score (nSPS) is 10.8. The van der Waals surface area contributed by atoms with Crippen molar-refractivity contribution >= 4 is 29.0 Å². The number of aryl methyl sites for hydroxylation is 2. The van der Waals surface area contributed by atoms with Gasteiger partial charge in [0.05, 0.1) is 6.54 Å². The highest BCUT2D eigenvalue weighted by Crippen LogP contribution is 2.20. The van der Waals surface area contributed by atoms with E-state index in [9.17, 15) is 14.0 Å². The second-order valence-corrected chi connectivity index (χ2v) is 9.37. The number of benzene rings is 2. The lowest BCUT2D eigenvalue weighted by atomic mass is 10.2. The first-order valence-electron chi connectivity index (χ1n) is 10.9. The Hall–Kier alpha value is -3.19. The fraction of sp³-hybridized carbons (Fsp3) is 0.308. The van der Waals surface area contributed by atoms with E-state index in [2.05, 4.69) is 5.32 Å². The average molecular weight is 468 g/mol. The van der Waals surface area contributed by atoms with Crippen LogP contribution >= 0.6 is 11.3 Å². The Balaban J connectivity index is 1.78. The van der Waals surface area contributed by atoms with Gasteiger partial charge in [-0.2, -0.15) is 0 Å². The summed E-state index contributed by atoms with van der Waals surface area (Å²) in [5.74, 6) is -0.481. The summed E-state index contributed by atoms with van der Waals surface area (Å²) in [4.78, 5) is 30.8. The second kappa shape index (κ2) is 11.1. The Morgan fingerprint density at radius 1 is 0.970 bits per heavy atom. The zero-order valence-corrected chi connectivity index (χ0v) is 20.3. The molecule has 33 heavy (non-hydrogen) atoms. The quantitative estimate of drug-likeness (QED) is 0.443. The van der Waals surface area contributed by atoms with Crippen molar-refractivity contribution in [3.8, 4) is 0 Å². The summed E-state index contributed by atoms with van der Waals surface area (Å²) < 4.78 is 13.4. The molecule has 174 valence electrons. The van der Waals surface area contributed by atoms with Gasteiger partial charge in [-0.1, -0.05) is 30.3 Å². The van der Waals surface area contributed by atoms with Gasteiger partial charge in [0.1, 0.15) is 12.4 Å². The Bertz CT molecular complexity index is 1090. The molecule has 0 aliphatic heterocycles. The standard InChI is InChI=1S/C26H30FN3O2S/c1-18(2)30(26(32)28-23-8-6-5-7-19(23)3)17-25(31)29(16-24-20(4)13-14-33-24)15-21-9-11-22(27)12-10-21/h5-14,18H,15-17H2,1-4H3,(H,28,32). The molecule has 0 aliphatic rings. The number of nitrogens with zero attached hydrogens (tertiary/aromatic N) is 2. The molecule has 1 N–H and O–H groups in total. The van der Waals surface area contributed by atoms with Crippen LogP contribution in [0.5, 0.6) is 0 Å². The Labute approximate surface area is 198 Å². The molecule has 1 aromatic heterocycles. The van der Waals surface area contributed by atoms with E-state index in [0.717, 1.165) is 27.3 Å². The van der Waals surface area contributed by atoms with E-state index >= 15 is 0 Å². The van der Waals surface area contributed by atoms with E-state index in [4.69, 9.17) is 0 Å². The predicted octanol–water partition coefficient (Wildman–Crippen LogP) is 5.98. The van der Waals surface area contributed by atoms with Gasteiger partial charge < -0.3 is 15.1 Å². The molecule has 0 spiro atoms. The van der Waals surface area contributed by atoms with Gasteiger partial charge in [0.15, 0.2) is 0 Å². The van der Waals surface area contributed by atoms with Crippen molar-refractivity contribution in [3.05, 3.63) is 87.4 Å². The molecule has 0 radical (unpaired) electrons. The molecule has 0 saturated heterocycles. The van der Waals surface area contributed by atoms with Crippen molar-refractivity contribution in [2.75, 3.05) is 11.9 Å². The number of para-hydroxylation sites is 1. The van der Waals surface area contributed by atoms with Crippen LogP contribution in [0.3, 0.4) is 0 Å². The molecule has 0 saturated carbocycles. The lowest BCUT2D eigenvalue weighted by Gasteiger charge is -2.30. The molecule has 0 unspecified atom stereocenters. The number of hydrogen-bond donors (Lipinski definition) is 1. The number of hydrogen-bond acceptors (Lipinski definition) is 3. The van der Waals surface area contributed by atoms with E-state index in [1.165, 1.54) is 17.0 Å². The van der Waals surface area contributed by atoms with Crippen LogP contribution in [0.25, 0.3) is 0 Å². The molecule has 3 rings (SSSR count). The van der Waals surface area contributed by atoms with Gasteiger partial charge in [-0.15, -0.1) is 11.3 Å². The number of thiophene rings is 1. The molecule has 0 atom stereocenters. The zero-order valence-electron chi connectivity index (χ0n) is 19.5. The highest BCUT2D eigenvalue weighted by molar-refractivity contribution is 7.10. The molecule has 7 heteroatoms. The number of carbonyl (C=O) groups excluding carboxylic acids is 2. The van der Waals surface area contributed by atoms with Gasteiger partial charge >= 0.3 is 6.03 Å². The Kier molecular flexibility index (Phi) is 8.22. The maximum absolute atomic E-state index is 13.4. The molecular formula is C26H30FN3O2S. The largest absolute Gasteiger partial charge is 0.332 e. The van der Waals surface area contributed by atoms with Crippen LogP contribution in [0.4, 0.5) is 14.9 Å². The van der Waals surface area contributed by atoms with Crippen molar-refractivity contribution in [1.29, 1.82) is 0 Å². The highest BCUT2D eigenvalue weighted by atomic mass is 32.1. The van der Waals surface area contributed by atoms with Crippen LogP contribution in [0.1, 0.15) is 35.4 Å². The number of carbonyl (C=O) groups is 2. The maximum Gasteiger partial charge on any atom is 0.322 e. The van der Waals surface area contributed by atoms with E-state index in [1.807, 2.05) is 63.4 Å².